The lowest BCUT2D eigenvalue weighted by atomic mass is 10.4. The highest BCUT2D eigenvalue weighted by atomic mass is 16.5. The van der Waals surface area contributed by atoms with Crippen LogP contribution in [0.15, 0.2) is 24.3 Å². The maximum atomic E-state index is 10.9. The molecule has 0 spiro atoms. The summed E-state index contributed by atoms with van der Waals surface area (Å²) >= 11 is 0. The Kier molecular flexibility index (Phi) is 8.81. The van der Waals surface area contributed by atoms with E-state index in [-0.39, 0.29) is 11.5 Å². The fourth-order valence-electron chi connectivity index (χ4n) is 0.535. The molecule has 0 saturated carbocycles. The third kappa shape index (κ3) is 14.4. The molecule has 5 heteroatoms. The van der Waals surface area contributed by atoms with Gasteiger partial charge in [-0.1, -0.05) is 13.2 Å². The van der Waals surface area contributed by atoms with E-state index < -0.39 is 5.97 Å². The predicted molar refractivity (Wildman–Crippen MR) is 68.5 cm³/mol. The number of quaternary nitrogens is 1. The molecule has 104 valence electrons. The van der Waals surface area contributed by atoms with Crippen LogP contribution in [0.4, 0.5) is 0 Å². The summed E-state index contributed by atoms with van der Waals surface area (Å²) in [7, 11) is 6.15. The molecule has 0 radical (unpaired) electrons. The van der Waals surface area contributed by atoms with E-state index in [1.165, 1.54) is 6.92 Å². The molecule has 0 amide bonds. The maximum absolute atomic E-state index is 10.9. The van der Waals surface area contributed by atoms with E-state index >= 15 is 0 Å². The van der Waals surface area contributed by atoms with E-state index in [9.17, 15) is 14.7 Å². The van der Waals surface area contributed by atoms with E-state index in [1.807, 2.05) is 0 Å². The summed E-state index contributed by atoms with van der Waals surface area (Å²) in [6.07, 6.45) is 0. The minimum Gasteiger partial charge on any atom is -0.545 e. The molecule has 0 unspecified atom stereocenters. The molecule has 0 aromatic heterocycles. The summed E-state index contributed by atoms with van der Waals surface area (Å²) in [5, 5.41) is 9.49. The Morgan fingerprint density at radius 3 is 1.72 bits per heavy atom. The van der Waals surface area contributed by atoms with Crippen LogP contribution in [0.1, 0.15) is 13.8 Å². The Balaban J connectivity index is 0. The monoisotopic (exact) mass is 257 g/mol. The number of ether oxygens (including phenoxy) is 1. The van der Waals surface area contributed by atoms with E-state index in [4.69, 9.17) is 4.74 Å². The van der Waals surface area contributed by atoms with Crippen LogP contribution < -0.4 is 5.11 Å². The summed E-state index contributed by atoms with van der Waals surface area (Å²) in [6.45, 7) is 10.9. The first-order chi connectivity index (χ1) is 7.97. The zero-order valence-electron chi connectivity index (χ0n) is 11.9. The van der Waals surface area contributed by atoms with Crippen molar-refractivity contribution in [2.75, 3.05) is 34.3 Å². The molecule has 0 aliphatic carbocycles. The lowest BCUT2D eigenvalue weighted by molar-refractivity contribution is -0.870. The summed E-state index contributed by atoms with van der Waals surface area (Å²) < 4.78 is 5.72. The van der Waals surface area contributed by atoms with Gasteiger partial charge in [-0.25, -0.2) is 4.79 Å². The number of nitrogens with zero attached hydrogens (tertiary/aromatic N) is 1. The average molecular weight is 257 g/mol. The lowest BCUT2D eigenvalue weighted by Crippen LogP contribution is -2.38. The van der Waals surface area contributed by atoms with Crippen molar-refractivity contribution in [3.8, 4) is 0 Å². The van der Waals surface area contributed by atoms with Gasteiger partial charge in [0.2, 0.25) is 0 Å². The zero-order chi connectivity index (χ0) is 14.9. The molecule has 0 aromatic rings. The second-order valence-electron chi connectivity index (χ2n) is 5.00. The van der Waals surface area contributed by atoms with Crippen molar-refractivity contribution in [2.24, 2.45) is 0 Å². The van der Waals surface area contributed by atoms with Gasteiger partial charge in [0.15, 0.2) is 0 Å². The minimum atomic E-state index is -1.19. The van der Waals surface area contributed by atoms with Gasteiger partial charge >= 0.3 is 5.97 Å². The third-order valence-corrected chi connectivity index (χ3v) is 1.69. The van der Waals surface area contributed by atoms with Crippen molar-refractivity contribution < 1.29 is 23.9 Å². The molecule has 0 aliphatic rings. The first kappa shape index (κ1) is 18.7. The summed E-state index contributed by atoms with van der Waals surface area (Å²) in [4.78, 5) is 20.4. The Bertz CT molecular complexity index is 314. The van der Waals surface area contributed by atoms with E-state index in [0.29, 0.717) is 12.2 Å². The van der Waals surface area contributed by atoms with Crippen molar-refractivity contribution in [3.63, 3.8) is 0 Å². The topological polar surface area (TPSA) is 66.4 Å². The van der Waals surface area contributed by atoms with Gasteiger partial charge < -0.3 is 19.1 Å². The number of carboxylic acids is 1. The molecule has 18 heavy (non-hydrogen) atoms. The van der Waals surface area contributed by atoms with Gasteiger partial charge in [-0.3, -0.25) is 0 Å². The number of likely N-dealkylation sites (N-methyl/N-ethyl adjacent to an activating group) is 1. The normalized spacial score (nSPS) is 9.83. The van der Waals surface area contributed by atoms with Crippen molar-refractivity contribution >= 4 is 11.9 Å². The molecular formula is C13H23NO4. The average Bonchev–Trinajstić information content (AvgIpc) is 2.16. The van der Waals surface area contributed by atoms with Crippen LogP contribution in [0.2, 0.25) is 0 Å². The molecule has 5 nitrogen and oxygen atoms in total. The Hall–Kier alpha value is -1.62. The van der Waals surface area contributed by atoms with E-state index in [2.05, 4.69) is 34.3 Å². The van der Waals surface area contributed by atoms with Crippen LogP contribution in [0.5, 0.6) is 0 Å². The highest BCUT2D eigenvalue weighted by Crippen LogP contribution is 1.94. The summed E-state index contributed by atoms with van der Waals surface area (Å²) in [5.41, 5.74) is 0.520. The molecule has 0 fully saturated rings. The maximum Gasteiger partial charge on any atom is 0.333 e. The Morgan fingerprint density at radius 2 is 1.50 bits per heavy atom. The molecule has 0 aliphatic heterocycles. The Labute approximate surface area is 109 Å². The number of carbonyl (C=O) groups is 2. The van der Waals surface area contributed by atoms with Crippen LogP contribution >= 0.6 is 0 Å². The molecule has 0 rings (SSSR count). The van der Waals surface area contributed by atoms with Gasteiger partial charge in [-0.15, -0.1) is 0 Å². The smallest absolute Gasteiger partial charge is 0.333 e. The fraction of sp³-hybridized carbons (Fsp3) is 0.538. The fourth-order valence-corrected chi connectivity index (χ4v) is 0.535. The van der Waals surface area contributed by atoms with Crippen LogP contribution in [0, 0.1) is 0 Å². The molecule has 0 heterocycles. The molecule has 0 bridgehead atoms. The summed E-state index contributed by atoms with van der Waals surface area (Å²) in [5.74, 6) is -1.49. The second kappa shape index (κ2) is 8.47. The highest BCUT2D eigenvalue weighted by molar-refractivity contribution is 5.86. The van der Waals surface area contributed by atoms with Gasteiger partial charge in [0.05, 0.1) is 27.1 Å². The predicted octanol–water partition coefficient (Wildman–Crippen LogP) is 0.124. The molecule has 0 aromatic carbocycles. The van der Waals surface area contributed by atoms with Crippen LogP contribution in [0.3, 0.4) is 0 Å². The van der Waals surface area contributed by atoms with Crippen LogP contribution in [0.25, 0.3) is 0 Å². The van der Waals surface area contributed by atoms with Crippen molar-refractivity contribution in [2.45, 2.75) is 13.8 Å². The number of carbonyl (C=O) groups excluding carboxylic acids is 2. The number of esters is 1. The number of carboxylic acid groups (broad SMARTS) is 1. The minimum absolute atomic E-state index is 0.0648. The van der Waals surface area contributed by atoms with Crippen molar-refractivity contribution in [1.29, 1.82) is 0 Å². The highest BCUT2D eigenvalue weighted by Gasteiger charge is 2.09. The quantitative estimate of drug-likeness (QED) is 0.399. The van der Waals surface area contributed by atoms with Crippen molar-refractivity contribution in [3.05, 3.63) is 24.3 Å². The van der Waals surface area contributed by atoms with Gasteiger partial charge in [0.25, 0.3) is 0 Å². The van der Waals surface area contributed by atoms with E-state index in [1.54, 1.807) is 6.92 Å². The van der Waals surface area contributed by atoms with E-state index in [0.717, 1.165) is 11.0 Å². The molecule has 0 atom stereocenters. The van der Waals surface area contributed by atoms with Crippen LogP contribution in [-0.2, 0) is 14.3 Å². The number of hydrogen-bond acceptors (Lipinski definition) is 4. The molecule has 0 N–H and O–H groups in total. The number of hydrogen-bond donors (Lipinski definition) is 0. The largest absolute Gasteiger partial charge is 0.545 e. The summed E-state index contributed by atoms with van der Waals surface area (Å²) in [6, 6.07) is 0. The lowest BCUT2D eigenvalue weighted by Gasteiger charge is -2.23. The third-order valence-electron chi connectivity index (χ3n) is 1.69. The van der Waals surface area contributed by atoms with Gasteiger partial charge in [0, 0.05) is 5.57 Å². The SMILES string of the molecule is C=C(C)C(=O)OCC[N+](C)(C)C.C=C(C)C(=O)[O-]. The standard InChI is InChI=1S/C9H18NO2.C4H6O2/c1-8(2)9(11)12-7-6-10(3,4)5;1-3(2)4(5)6/h1,6-7H2,2-5H3;1H2,2H3,(H,5,6)/q+1;/p-1. The molecule has 0 saturated heterocycles. The van der Waals surface area contributed by atoms with Gasteiger partial charge in [-0.05, 0) is 19.4 Å². The second-order valence-corrected chi connectivity index (χ2v) is 5.00. The Morgan fingerprint density at radius 1 is 1.11 bits per heavy atom. The van der Waals surface area contributed by atoms with Crippen LogP contribution in [-0.4, -0.2) is 50.7 Å². The number of aliphatic carboxylic acids is 1. The molecular weight excluding hydrogens is 234 g/mol. The number of rotatable bonds is 5. The first-order valence-electron chi connectivity index (χ1n) is 5.47. The van der Waals surface area contributed by atoms with Gasteiger partial charge in [0.1, 0.15) is 13.2 Å². The first-order valence-corrected chi connectivity index (χ1v) is 5.47. The zero-order valence-corrected chi connectivity index (χ0v) is 11.9. The van der Waals surface area contributed by atoms with Gasteiger partial charge in [-0.2, -0.15) is 0 Å². The van der Waals surface area contributed by atoms with Crippen molar-refractivity contribution in [1.82, 2.24) is 0 Å².